The van der Waals surface area contributed by atoms with Crippen molar-refractivity contribution in [3.05, 3.63) is 52.5 Å². The second-order valence-electron chi connectivity index (χ2n) is 6.63. The van der Waals surface area contributed by atoms with Crippen molar-refractivity contribution in [3.8, 4) is 11.5 Å². The monoisotopic (exact) mass is 420 g/mol. The zero-order valence-corrected chi connectivity index (χ0v) is 16.8. The second kappa shape index (κ2) is 7.22. The molecule has 0 bridgehead atoms. The van der Waals surface area contributed by atoms with E-state index in [4.69, 9.17) is 21.7 Å². The predicted molar refractivity (Wildman–Crippen MR) is 109 cm³/mol. The maximum Gasteiger partial charge on any atom is 0.171 e. The molecule has 3 rings (SSSR count). The first-order valence-electron chi connectivity index (χ1n) is 8.06. The summed E-state index contributed by atoms with van der Waals surface area (Å²) in [7, 11) is 1.66. The molecule has 2 aromatic rings. The molecule has 4 nitrogen and oxygen atoms in total. The molecule has 1 heterocycles. The Labute approximate surface area is 162 Å². The van der Waals surface area contributed by atoms with Gasteiger partial charge < -0.3 is 20.1 Å². The molecule has 0 radical (unpaired) electrons. The van der Waals surface area contributed by atoms with E-state index in [-0.39, 0.29) is 11.6 Å². The summed E-state index contributed by atoms with van der Waals surface area (Å²) >= 11 is 8.94. The third-order valence-corrected chi connectivity index (χ3v) is 4.83. The Morgan fingerprint density at radius 3 is 2.64 bits per heavy atom. The lowest BCUT2D eigenvalue weighted by molar-refractivity contribution is 0.0695. The highest BCUT2D eigenvalue weighted by atomic mass is 79.9. The molecule has 2 aromatic carbocycles. The summed E-state index contributed by atoms with van der Waals surface area (Å²) in [4.78, 5) is 0. The fraction of sp³-hybridized carbons (Fsp3) is 0.316. The van der Waals surface area contributed by atoms with Gasteiger partial charge in [0.05, 0.1) is 13.2 Å². The molecular formula is C19H21BrN2O2S. The average Bonchev–Trinajstić information content (AvgIpc) is 2.55. The molecule has 0 aliphatic carbocycles. The van der Waals surface area contributed by atoms with Crippen LogP contribution in [0.1, 0.15) is 31.9 Å². The minimum absolute atomic E-state index is 0.0456. The fourth-order valence-electron chi connectivity index (χ4n) is 2.95. The molecule has 25 heavy (non-hydrogen) atoms. The van der Waals surface area contributed by atoms with Gasteiger partial charge in [-0.3, -0.25) is 0 Å². The van der Waals surface area contributed by atoms with Crippen LogP contribution < -0.4 is 20.1 Å². The van der Waals surface area contributed by atoms with Crippen molar-refractivity contribution in [2.75, 3.05) is 12.4 Å². The number of benzene rings is 2. The van der Waals surface area contributed by atoms with E-state index in [9.17, 15) is 0 Å². The van der Waals surface area contributed by atoms with Crippen LogP contribution in [0.4, 0.5) is 5.69 Å². The smallest absolute Gasteiger partial charge is 0.171 e. The first-order valence-corrected chi connectivity index (χ1v) is 9.26. The lowest BCUT2D eigenvalue weighted by Crippen LogP contribution is -2.42. The molecule has 1 aliphatic rings. The molecule has 1 aliphatic heterocycles. The minimum atomic E-state index is -0.271. The van der Waals surface area contributed by atoms with Crippen molar-refractivity contribution in [3.63, 3.8) is 0 Å². The molecular weight excluding hydrogens is 400 g/mol. The van der Waals surface area contributed by atoms with Crippen molar-refractivity contribution < 1.29 is 9.47 Å². The molecule has 0 amide bonds. The standard InChI is InChI=1S/C19H21BrN2O2S/c1-19(2)11-16(15-10-14(23-3)8-9-17(15)24-19)22-18(25)21-13-6-4-12(20)5-7-13/h4-10,16H,11H2,1-3H3,(H2,21,22,25)/t16-/m0/s1. The Morgan fingerprint density at radius 2 is 1.96 bits per heavy atom. The van der Waals surface area contributed by atoms with Gasteiger partial charge >= 0.3 is 0 Å². The van der Waals surface area contributed by atoms with Crippen LogP contribution in [0.15, 0.2) is 46.9 Å². The van der Waals surface area contributed by atoms with E-state index in [0.717, 1.165) is 33.6 Å². The van der Waals surface area contributed by atoms with Crippen LogP contribution in [-0.2, 0) is 0 Å². The summed E-state index contributed by atoms with van der Waals surface area (Å²) in [6.45, 7) is 4.17. The Morgan fingerprint density at radius 1 is 1.24 bits per heavy atom. The van der Waals surface area contributed by atoms with Gasteiger partial charge in [0.15, 0.2) is 5.11 Å². The Hall–Kier alpha value is -1.79. The van der Waals surface area contributed by atoms with E-state index >= 15 is 0 Å². The average molecular weight is 421 g/mol. The largest absolute Gasteiger partial charge is 0.497 e. The van der Waals surface area contributed by atoms with E-state index in [1.165, 1.54) is 0 Å². The van der Waals surface area contributed by atoms with Gasteiger partial charge in [-0.2, -0.15) is 0 Å². The zero-order valence-electron chi connectivity index (χ0n) is 14.4. The van der Waals surface area contributed by atoms with Crippen molar-refractivity contribution in [1.82, 2.24) is 5.32 Å². The fourth-order valence-corrected chi connectivity index (χ4v) is 3.47. The maximum atomic E-state index is 6.10. The van der Waals surface area contributed by atoms with E-state index in [1.807, 2.05) is 42.5 Å². The molecule has 2 N–H and O–H groups in total. The van der Waals surface area contributed by atoms with E-state index in [1.54, 1.807) is 7.11 Å². The third kappa shape index (κ3) is 4.44. The highest BCUT2D eigenvalue weighted by Gasteiger charge is 2.34. The second-order valence-corrected chi connectivity index (χ2v) is 7.95. The van der Waals surface area contributed by atoms with Gasteiger partial charge in [-0.15, -0.1) is 0 Å². The number of ether oxygens (including phenoxy) is 2. The Bertz CT molecular complexity index is 777. The molecule has 0 saturated carbocycles. The zero-order chi connectivity index (χ0) is 18.0. The summed E-state index contributed by atoms with van der Waals surface area (Å²) in [5.74, 6) is 1.67. The van der Waals surface area contributed by atoms with Crippen LogP contribution in [0.3, 0.4) is 0 Å². The number of hydrogen-bond donors (Lipinski definition) is 2. The molecule has 0 fully saturated rings. The summed E-state index contributed by atoms with van der Waals surface area (Å²) < 4.78 is 12.5. The number of rotatable bonds is 3. The molecule has 6 heteroatoms. The normalized spacial score (nSPS) is 17.8. The van der Waals surface area contributed by atoms with Gasteiger partial charge in [-0.1, -0.05) is 15.9 Å². The SMILES string of the molecule is COc1ccc2c(c1)[C@@H](NC(=S)Nc1ccc(Br)cc1)CC(C)(C)O2. The quantitative estimate of drug-likeness (QED) is 0.680. The molecule has 0 spiro atoms. The van der Waals surface area contributed by atoms with Crippen molar-refractivity contribution in [2.24, 2.45) is 0 Å². The summed E-state index contributed by atoms with van der Waals surface area (Å²) in [5.41, 5.74) is 1.73. The first-order chi connectivity index (χ1) is 11.9. The summed E-state index contributed by atoms with van der Waals surface area (Å²) in [6.07, 6.45) is 0.801. The Balaban J connectivity index is 1.79. The van der Waals surface area contributed by atoms with E-state index < -0.39 is 0 Å². The number of fused-ring (bicyclic) bond motifs is 1. The van der Waals surface area contributed by atoms with Crippen LogP contribution in [0.25, 0.3) is 0 Å². The molecule has 132 valence electrons. The number of thiocarbonyl (C=S) groups is 1. The van der Waals surface area contributed by atoms with Crippen LogP contribution in [0, 0.1) is 0 Å². The summed E-state index contributed by atoms with van der Waals surface area (Å²) in [5, 5.41) is 7.23. The number of halogens is 1. The maximum absolute atomic E-state index is 6.10. The third-order valence-electron chi connectivity index (χ3n) is 4.08. The molecule has 0 unspecified atom stereocenters. The minimum Gasteiger partial charge on any atom is -0.497 e. The van der Waals surface area contributed by atoms with Gasteiger partial charge in [-0.25, -0.2) is 0 Å². The van der Waals surface area contributed by atoms with Crippen LogP contribution >= 0.6 is 28.1 Å². The van der Waals surface area contributed by atoms with Gasteiger partial charge in [0.25, 0.3) is 0 Å². The lowest BCUT2D eigenvalue weighted by Gasteiger charge is -2.38. The van der Waals surface area contributed by atoms with Crippen molar-refractivity contribution in [2.45, 2.75) is 31.9 Å². The van der Waals surface area contributed by atoms with Crippen LogP contribution in [0.5, 0.6) is 11.5 Å². The van der Waals surface area contributed by atoms with Crippen molar-refractivity contribution >= 4 is 38.9 Å². The lowest BCUT2D eigenvalue weighted by atomic mass is 9.89. The number of methoxy groups -OCH3 is 1. The van der Waals surface area contributed by atoms with Gasteiger partial charge in [0.1, 0.15) is 17.1 Å². The predicted octanol–water partition coefficient (Wildman–Crippen LogP) is 5.05. The highest BCUT2D eigenvalue weighted by Crippen LogP contribution is 2.41. The number of hydrogen-bond acceptors (Lipinski definition) is 3. The summed E-state index contributed by atoms with van der Waals surface area (Å²) in [6, 6.07) is 13.8. The topological polar surface area (TPSA) is 42.5 Å². The van der Waals surface area contributed by atoms with E-state index in [2.05, 4.69) is 40.4 Å². The highest BCUT2D eigenvalue weighted by molar-refractivity contribution is 9.10. The van der Waals surface area contributed by atoms with Crippen LogP contribution in [0.2, 0.25) is 0 Å². The first kappa shape index (κ1) is 18.0. The number of anilines is 1. The number of nitrogens with one attached hydrogen (secondary N) is 2. The van der Waals surface area contributed by atoms with Gasteiger partial charge in [0.2, 0.25) is 0 Å². The van der Waals surface area contributed by atoms with E-state index in [0.29, 0.717) is 5.11 Å². The molecule has 0 aromatic heterocycles. The Kier molecular flexibility index (Phi) is 5.20. The molecule has 0 saturated heterocycles. The van der Waals surface area contributed by atoms with Crippen molar-refractivity contribution in [1.29, 1.82) is 0 Å². The molecule has 1 atom stereocenters. The van der Waals surface area contributed by atoms with Crippen LogP contribution in [-0.4, -0.2) is 17.8 Å². The van der Waals surface area contributed by atoms with Gasteiger partial charge in [0, 0.05) is 22.1 Å². The van der Waals surface area contributed by atoms with Gasteiger partial charge in [-0.05, 0) is 68.5 Å².